The van der Waals surface area contributed by atoms with Crippen molar-refractivity contribution < 1.29 is 8.91 Å². The van der Waals surface area contributed by atoms with Crippen LogP contribution in [0.4, 0.5) is 4.39 Å². The molecule has 0 aliphatic carbocycles. The predicted molar refractivity (Wildman–Crippen MR) is 76.0 cm³/mol. The Labute approximate surface area is 118 Å². The van der Waals surface area contributed by atoms with E-state index in [-0.39, 0.29) is 17.8 Å². The number of likely N-dealkylation sites (N-methyl/N-ethyl adjacent to an activating group) is 1. The minimum atomic E-state index is -0.260. The van der Waals surface area contributed by atoms with Crippen molar-refractivity contribution in [2.24, 2.45) is 0 Å². The van der Waals surface area contributed by atoms with Gasteiger partial charge in [0.2, 0.25) is 11.7 Å². The summed E-state index contributed by atoms with van der Waals surface area (Å²) in [5, 5.41) is 7.15. The van der Waals surface area contributed by atoms with Gasteiger partial charge in [0.1, 0.15) is 5.82 Å². The maximum Gasteiger partial charge on any atom is 0.231 e. The van der Waals surface area contributed by atoms with Crippen LogP contribution in [0.25, 0.3) is 11.4 Å². The number of nitrogens with one attached hydrogen (secondary N) is 1. The molecule has 2 unspecified atom stereocenters. The van der Waals surface area contributed by atoms with E-state index in [1.165, 1.54) is 6.07 Å². The van der Waals surface area contributed by atoms with Gasteiger partial charge in [-0.15, -0.1) is 0 Å². The fourth-order valence-corrected chi connectivity index (χ4v) is 2.18. The van der Waals surface area contributed by atoms with E-state index in [9.17, 15) is 4.39 Å². The van der Waals surface area contributed by atoms with Gasteiger partial charge in [0, 0.05) is 11.6 Å². The third-order valence-corrected chi connectivity index (χ3v) is 3.69. The van der Waals surface area contributed by atoms with E-state index in [1.54, 1.807) is 19.1 Å². The Morgan fingerprint density at radius 1 is 1.40 bits per heavy atom. The van der Waals surface area contributed by atoms with E-state index < -0.39 is 0 Å². The summed E-state index contributed by atoms with van der Waals surface area (Å²) in [5.74, 6) is 0.909. The van der Waals surface area contributed by atoms with Crippen LogP contribution < -0.4 is 5.32 Å². The summed E-state index contributed by atoms with van der Waals surface area (Å²) in [4.78, 5) is 4.41. The van der Waals surface area contributed by atoms with Crippen LogP contribution in [0.3, 0.4) is 0 Å². The van der Waals surface area contributed by atoms with Gasteiger partial charge < -0.3 is 9.84 Å². The van der Waals surface area contributed by atoms with Crippen molar-refractivity contribution in [1.82, 2.24) is 15.5 Å². The third kappa shape index (κ3) is 2.88. The SMILES string of the molecule is CCC(c1nc(-c2ccc(C)c(F)c2)no1)C(C)NC. The Balaban J connectivity index is 2.30. The van der Waals surface area contributed by atoms with E-state index in [4.69, 9.17) is 4.52 Å². The maximum absolute atomic E-state index is 13.6. The Morgan fingerprint density at radius 2 is 2.15 bits per heavy atom. The number of hydrogen-bond donors (Lipinski definition) is 1. The van der Waals surface area contributed by atoms with E-state index in [0.29, 0.717) is 22.8 Å². The fourth-order valence-electron chi connectivity index (χ4n) is 2.18. The molecule has 0 spiro atoms. The van der Waals surface area contributed by atoms with Crippen LogP contribution in [0.5, 0.6) is 0 Å². The van der Waals surface area contributed by atoms with Gasteiger partial charge in [-0.25, -0.2) is 4.39 Å². The average Bonchev–Trinajstić information content (AvgIpc) is 2.92. The highest BCUT2D eigenvalue weighted by molar-refractivity contribution is 5.55. The van der Waals surface area contributed by atoms with Gasteiger partial charge in [0.25, 0.3) is 0 Å². The Morgan fingerprint density at radius 3 is 2.75 bits per heavy atom. The number of halogens is 1. The Kier molecular flexibility index (Phi) is 4.49. The van der Waals surface area contributed by atoms with Crippen molar-refractivity contribution in [1.29, 1.82) is 0 Å². The molecule has 20 heavy (non-hydrogen) atoms. The zero-order valence-electron chi connectivity index (χ0n) is 12.3. The first-order chi connectivity index (χ1) is 9.56. The highest BCUT2D eigenvalue weighted by Crippen LogP contribution is 2.25. The normalized spacial score (nSPS) is 14.2. The standard InChI is InChI=1S/C15H20FN3O/c1-5-12(10(3)17-4)15-18-14(19-20-15)11-7-6-9(2)13(16)8-11/h6-8,10,12,17H,5H2,1-4H3. The van der Waals surface area contributed by atoms with Crippen LogP contribution in [0.15, 0.2) is 22.7 Å². The number of hydrogen-bond acceptors (Lipinski definition) is 4. The summed E-state index contributed by atoms with van der Waals surface area (Å²) in [5.41, 5.74) is 1.24. The van der Waals surface area contributed by atoms with E-state index in [2.05, 4.69) is 29.3 Å². The van der Waals surface area contributed by atoms with Gasteiger partial charge >= 0.3 is 0 Å². The molecule has 1 aromatic carbocycles. The molecule has 0 bridgehead atoms. The molecule has 1 aromatic heterocycles. The summed E-state index contributed by atoms with van der Waals surface area (Å²) >= 11 is 0. The fraction of sp³-hybridized carbons (Fsp3) is 0.467. The molecule has 0 aliphatic rings. The highest BCUT2D eigenvalue weighted by Gasteiger charge is 2.23. The smallest absolute Gasteiger partial charge is 0.231 e. The molecule has 4 nitrogen and oxygen atoms in total. The van der Waals surface area contributed by atoms with Crippen LogP contribution >= 0.6 is 0 Å². The molecule has 0 saturated heterocycles. The van der Waals surface area contributed by atoms with Gasteiger partial charge in [0.15, 0.2) is 0 Å². The molecular formula is C15H20FN3O. The van der Waals surface area contributed by atoms with Crippen molar-refractivity contribution in [3.8, 4) is 11.4 Å². The van der Waals surface area contributed by atoms with E-state index in [1.807, 2.05) is 7.05 Å². The molecule has 2 rings (SSSR count). The maximum atomic E-state index is 13.6. The molecule has 0 radical (unpaired) electrons. The molecule has 2 aromatic rings. The molecule has 2 atom stereocenters. The molecular weight excluding hydrogens is 257 g/mol. The summed E-state index contributed by atoms with van der Waals surface area (Å²) in [6.07, 6.45) is 0.895. The molecule has 0 amide bonds. The molecule has 1 heterocycles. The zero-order valence-corrected chi connectivity index (χ0v) is 12.3. The lowest BCUT2D eigenvalue weighted by atomic mass is 9.98. The van der Waals surface area contributed by atoms with Crippen molar-refractivity contribution in [3.05, 3.63) is 35.5 Å². The largest absolute Gasteiger partial charge is 0.339 e. The van der Waals surface area contributed by atoms with Crippen LogP contribution in [-0.2, 0) is 0 Å². The number of benzene rings is 1. The van der Waals surface area contributed by atoms with Crippen molar-refractivity contribution in [2.45, 2.75) is 39.2 Å². The van der Waals surface area contributed by atoms with Crippen molar-refractivity contribution in [2.75, 3.05) is 7.05 Å². The topological polar surface area (TPSA) is 51.0 Å². The zero-order chi connectivity index (χ0) is 14.7. The second-order valence-electron chi connectivity index (χ2n) is 5.01. The number of rotatable bonds is 5. The summed E-state index contributed by atoms with van der Waals surface area (Å²) < 4.78 is 18.9. The second-order valence-corrected chi connectivity index (χ2v) is 5.01. The minimum absolute atomic E-state index is 0.150. The van der Waals surface area contributed by atoms with Crippen molar-refractivity contribution >= 4 is 0 Å². The molecule has 5 heteroatoms. The van der Waals surface area contributed by atoms with Crippen LogP contribution in [-0.4, -0.2) is 23.2 Å². The Hall–Kier alpha value is -1.75. The first-order valence-electron chi connectivity index (χ1n) is 6.84. The van der Waals surface area contributed by atoms with Gasteiger partial charge in [-0.2, -0.15) is 4.98 Å². The van der Waals surface area contributed by atoms with Gasteiger partial charge in [0.05, 0.1) is 5.92 Å². The molecule has 0 aliphatic heterocycles. The van der Waals surface area contributed by atoms with Gasteiger partial charge in [-0.3, -0.25) is 0 Å². The lowest BCUT2D eigenvalue weighted by Crippen LogP contribution is -2.28. The van der Waals surface area contributed by atoms with Crippen LogP contribution in [0.2, 0.25) is 0 Å². The number of aryl methyl sites for hydroxylation is 1. The first kappa shape index (κ1) is 14.7. The monoisotopic (exact) mass is 277 g/mol. The number of nitrogens with zero attached hydrogens (tertiary/aromatic N) is 2. The Bertz CT molecular complexity index is 582. The second kappa shape index (κ2) is 6.13. The third-order valence-electron chi connectivity index (χ3n) is 3.69. The van der Waals surface area contributed by atoms with Crippen LogP contribution in [0.1, 0.15) is 37.6 Å². The van der Waals surface area contributed by atoms with E-state index >= 15 is 0 Å². The first-order valence-corrected chi connectivity index (χ1v) is 6.84. The molecule has 1 N–H and O–H groups in total. The highest BCUT2D eigenvalue weighted by atomic mass is 19.1. The number of aromatic nitrogens is 2. The predicted octanol–water partition coefficient (Wildman–Crippen LogP) is 3.29. The quantitative estimate of drug-likeness (QED) is 0.911. The van der Waals surface area contributed by atoms with Gasteiger partial charge in [-0.1, -0.05) is 24.2 Å². The van der Waals surface area contributed by atoms with Crippen LogP contribution in [0, 0.1) is 12.7 Å². The lowest BCUT2D eigenvalue weighted by molar-refractivity contribution is 0.322. The summed E-state index contributed by atoms with van der Waals surface area (Å²) in [7, 11) is 1.90. The van der Waals surface area contributed by atoms with E-state index in [0.717, 1.165) is 6.42 Å². The average molecular weight is 277 g/mol. The van der Waals surface area contributed by atoms with Crippen molar-refractivity contribution in [3.63, 3.8) is 0 Å². The molecule has 0 fully saturated rings. The molecule has 0 saturated carbocycles. The minimum Gasteiger partial charge on any atom is -0.339 e. The molecule has 108 valence electrons. The van der Waals surface area contributed by atoms with Gasteiger partial charge in [-0.05, 0) is 38.9 Å². The lowest BCUT2D eigenvalue weighted by Gasteiger charge is -2.17. The summed E-state index contributed by atoms with van der Waals surface area (Å²) in [6, 6.07) is 5.19. The summed E-state index contributed by atoms with van der Waals surface area (Å²) in [6.45, 7) is 5.87.